The van der Waals surface area contributed by atoms with Crippen LogP contribution in [0.5, 0.6) is 0 Å². The third-order valence-corrected chi connectivity index (χ3v) is 1.84. The van der Waals surface area contributed by atoms with E-state index >= 15 is 0 Å². The van der Waals surface area contributed by atoms with E-state index in [0.717, 1.165) is 5.82 Å². The van der Waals surface area contributed by atoms with E-state index in [1.807, 2.05) is 13.8 Å². The molecule has 4 nitrogen and oxygen atoms in total. The molecule has 13 heavy (non-hydrogen) atoms. The van der Waals surface area contributed by atoms with E-state index in [-0.39, 0.29) is 11.9 Å². The highest BCUT2D eigenvalue weighted by Crippen LogP contribution is 2.17. The molecule has 0 fully saturated rings. The van der Waals surface area contributed by atoms with Crippen LogP contribution in [-0.2, 0) is 4.79 Å². The molecule has 0 aromatic carbocycles. The second kappa shape index (κ2) is 4.07. The minimum atomic E-state index is -0.0323. The summed E-state index contributed by atoms with van der Waals surface area (Å²) in [7, 11) is 0. The van der Waals surface area contributed by atoms with E-state index < -0.39 is 0 Å². The Morgan fingerprint density at radius 1 is 1.62 bits per heavy atom. The maximum absolute atomic E-state index is 10.9. The van der Waals surface area contributed by atoms with Gasteiger partial charge < -0.3 is 10.3 Å². The number of nitrogens with zero attached hydrogens (tertiary/aromatic N) is 1. The summed E-state index contributed by atoms with van der Waals surface area (Å²) in [5.41, 5.74) is 0. The molecule has 0 spiro atoms. The number of imidazole rings is 1. The molecule has 2 N–H and O–H groups in total. The van der Waals surface area contributed by atoms with Crippen molar-refractivity contribution in [2.45, 2.75) is 26.8 Å². The SMILES string of the molecule is CC(=O)NC(c1ncc[nH]1)C(C)C. The molecule has 1 atom stereocenters. The van der Waals surface area contributed by atoms with E-state index in [1.54, 1.807) is 12.4 Å². The van der Waals surface area contributed by atoms with Crippen LogP contribution in [0.25, 0.3) is 0 Å². The predicted molar refractivity (Wildman–Crippen MR) is 50.0 cm³/mol. The molecule has 0 aliphatic carbocycles. The summed E-state index contributed by atoms with van der Waals surface area (Å²) in [6, 6.07) is -0.0208. The summed E-state index contributed by atoms with van der Waals surface area (Å²) >= 11 is 0. The van der Waals surface area contributed by atoms with Crippen LogP contribution in [0, 0.1) is 5.92 Å². The number of amides is 1. The van der Waals surface area contributed by atoms with Gasteiger partial charge in [-0.3, -0.25) is 4.79 Å². The Hall–Kier alpha value is -1.32. The molecule has 0 radical (unpaired) electrons. The van der Waals surface area contributed by atoms with Gasteiger partial charge in [-0.25, -0.2) is 4.98 Å². The highest BCUT2D eigenvalue weighted by Gasteiger charge is 2.18. The molecule has 1 unspecified atom stereocenters. The van der Waals surface area contributed by atoms with Gasteiger partial charge in [0.2, 0.25) is 5.91 Å². The second-order valence-corrected chi connectivity index (χ2v) is 3.40. The number of H-pyrrole nitrogens is 1. The second-order valence-electron chi connectivity index (χ2n) is 3.40. The first-order valence-corrected chi connectivity index (χ1v) is 4.37. The fourth-order valence-corrected chi connectivity index (χ4v) is 1.22. The van der Waals surface area contributed by atoms with Gasteiger partial charge in [-0.2, -0.15) is 0 Å². The Labute approximate surface area is 77.8 Å². The maximum atomic E-state index is 10.9. The molecule has 0 aliphatic heterocycles. The van der Waals surface area contributed by atoms with Crippen LogP contribution in [0.15, 0.2) is 12.4 Å². The highest BCUT2D eigenvalue weighted by atomic mass is 16.1. The Bertz CT molecular complexity index is 266. The van der Waals surface area contributed by atoms with E-state index in [2.05, 4.69) is 15.3 Å². The quantitative estimate of drug-likeness (QED) is 0.737. The third-order valence-electron chi connectivity index (χ3n) is 1.84. The van der Waals surface area contributed by atoms with Gasteiger partial charge in [-0.05, 0) is 5.92 Å². The zero-order valence-corrected chi connectivity index (χ0v) is 8.16. The van der Waals surface area contributed by atoms with Gasteiger partial charge in [0, 0.05) is 19.3 Å². The molecule has 1 rings (SSSR count). The summed E-state index contributed by atoms with van der Waals surface area (Å²) in [5, 5.41) is 2.85. The fraction of sp³-hybridized carbons (Fsp3) is 0.556. The standard InChI is InChI=1S/C9H15N3O/c1-6(2)8(12-7(3)13)9-10-4-5-11-9/h4-6,8H,1-3H3,(H,10,11)(H,12,13). The lowest BCUT2D eigenvalue weighted by molar-refractivity contribution is -0.120. The van der Waals surface area contributed by atoms with Crippen molar-refractivity contribution in [1.82, 2.24) is 15.3 Å². The van der Waals surface area contributed by atoms with Crippen molar-refractivity contribution in [3.8, 4) is 0 Å². The van der Waals surface area contributed by atoms with Gasteiger partial charge in [0.25, 0.3) is 0 Å². The molecule has 0 aliphatic rings. The summed E-state index contributed by atoms with van der Waals surface area (Å²) in [5.74, 6) is 1.11. The molecule has 72 valence electrons. The van der Waals surface area contributed by atoms with Gasteiger partial charge in [-0.15, -0.1) is 0 Å². The van der Waals surface area contributed by atoms with Crippen LogP contribution in [0.1, 0.15) is 32.6 Å². The average molecular weight is 181 g/mol. The normalized spacial score (nSPS) is 12.9. The summed E-state index contributed by atoms with van der Waals surface area (Å²) in [6.07, 6.45) is 3.44. The number of nitrogens with one attached hydrogen (secondary N) is 2. The first kappa shape index (κ1) is 9.77. The van der Waals surface area contributed by atoms with Crippen molar-refractivity contribution in [3.05, 3.63) is 18.2 Å². The third kappa shape index (κ3) is 2.57. The monoisotopic (exact) mass is 181 g/mol. The molecule has 1 aromatic rings. The van der Waals surface area contributed by atoms with Gasteiger partial charge in [0.05, 0.1) is 6.04 Å². The minimum Gasteiger partial charge on any atom is -0.347 e. The zero-order chi connectivity index (χ0) is 9.84. The van der Waals surface area contributed by atoms with E-state index in [9.17, 15) is 4.79 Å². The summed E-state index contributed by atoms with van der Waals surface area (Å²) in [4.78, 5) is 18.0. The van der Waals surface area contributed by atoms with Crippen molar-refractivity contribution in [1.29, 1.82) is 0 Å². The van der Waals surface area contributed by atoms with Crippen LogP contribution in [-0.4, -0.2) is 15.9 Å². The van der Waals surface area contributed by atoms with Gasteiger partial charge in [0.15, 0.2) is 0 Å². The van der Waals surface area contributed by atoms with Gasteiger partial charge in [0.1, 0.15) is 5.82 Å². The van der Waals surface area contributed by atoms with Crippen LogP contribution in [0.2, 0.25) is 0 Å². The predicted octanol–water partition coefficient (Wildman–Crippen LogP) is 1.24. The Kier molecular flexibility index (Phi) is 3.06. The molecule has 0 saturated heterocycles. The lowest BCUT2D eigenvalue weighted by Crippen LogP contribution is -2.30. The van der Waals surface area contributed by atoms with E-state index in [0.29, 0.717) is 5.92 Å². The number of carbonyl (C=O) groups excluding carboxylic acids is 1. The lowest BCUT2D eigenvalue weighted by Gasteiger charge is -2.19. The molecule has 0 bridgehead atoms. The largest absolute Gasteiger partial charge is 0.347 e. The number of aromatic amines is 1. The van der Waals surface area contributed by atoms with Gasteiger partial charge in [-0.1, -0.05) is 13.8 Å². The molecule has 1 heterocycles. The Balaban J connectivity index is 2.74. The number of hydrogen-bond donors (Lipinski definition) is 2. The number of carbonyl (C=O) groups is 1. The van der Waals surface area contributed by atoms with Crippen molar-refractivity contribution < 1.29 is 4.79 Å². The molecular formula is C9H15N3O. The smallest absolute Gasteiger partial charge is 0.217 e. The number of aromatic nitrogens is 2. The lowest BCUT2D eigenvalue weighted by atomic mass is 10.0. The minimum absolute atomic E-state index is 0.0208. The molecular weight excluding hydrogens is 166 g/mol. The topological polar surface area (TPSA) is 57.8 Å². The van der Waals surface area contributed by atoms with Crippen LogP contribution < -0.4 is 5.32 Å². The first-order chi connectivity index (χ1) is 6.11. The maximum Gasteiger partial charge on any atom is 0.217 e. The van der Waals surface area contributed by atoms with Gasteiger partial charge >= 0.3 is 0 Å². The summed E-state index contributed by atoms with van der Waals surface area (Å²) in [6.45, 7) is 5.60. The van der Waals surface area contributed by atoms with E-state index in [4.69, 9.17) is 0 Å². The van der Waals surface area contributed by atoms with Crippen molar-refractivity contribution in [2.24, 2.45) is 5.92 Å². The van der Waals surface area contributed by atoms with E-state index in [1.165, 1.54) is 6.92 Å². The zero-order valence-electron chi connectivity index (χ0n) is 8.16. The first-order valence-electron chi connectivity index (χ1n) is 4.37. The molecule has 1 aromatic heterocycles. The number of rotatable bonds is 3. The van der Waals surface area contributed by atoms with Crippen molar-refractivity contribution in [3.63, 3.8) is 0 Å². The van der Waals surface area contributed by atoms with Crippen LogP contribution >= 0.6 is 0 Å². The van der Waals surface area contributed by atoms with Crippen LogP contribution in [0.4, 0.5) is 0 Å². The average Bonchev–Trinajstić information content (AvgIpc) is 2.50. The van der Waals surface area contributed by atoms with Crippen LogP contribution in [0.3, 0.4) is 0 Å². The Morgan fingerprint density at radius 2 is 2.31 bits per heavy atom. The Morgan fingerprint density at radius 3 is 2.69 bits per heavy atom. The van der Waals surface area contributed by atoms with Crippen molar-refractivity contribution in [2.75, 3.05) is 0 Å². The summed E-state index contributed by atoms with van der Waals surface area (Å²) < 4.78 is 0. The highest BCUT2D eigenvalue weighted by molar-refractivity contribution is 5.73. The fourth-order valence-electron chi connectivity index (χ4n) is 1.22. The molecule has 4 heteroatoms. The molecule has 0 saturated carbocycles. The number of hydrogen-bond acceptors (Lipinski definition) is 2. The van der Waals surface area contributed by atoms with Crippen molar-refractivity contribution >= 4 is 5.91 Å². The molecule has 1 amide bonds.